The number of ether oxygens (including phenoxy) is 2. The van der Waals surface area contributed by atoms with E-state index in [1.165, 1.54) is 0 Å². The van der Waals surface area contributed by atoms with Gasteiger partial charge in [-0.3, -0.25) is 9.59 Å². The summed E-state index contributed by atoms with van der Waals surface area (Å²) in [7, 11) is 1.63. The molecule has 0 fully saturated rings. The van der Waals surface area contributed by atoms with E-state index in [0.29, 0.717) is 26.3 Å². The number of methoxy groups -OCH3 is 1. The standard InChI is InChI=1S/C12H24N2O4/c1-4-18-11(15)6-8-13-10(2)12(16)14-7-5-9-17-3/h10,13H,4-9H2,1-3H3,(H,14,16). The summed E-state index contributed by atoms with van der Waals surface area (Å²) in [5, 5.41) is 5.75. The van der Waals surface area contributed by atoms with E-state index in [-0.39, 0.29) is 24.3 Å². The van der Waals surface area contributed by atoms with Gasteiger partial charge in [0, 0.05) is 26.8 Å². The molecule has 0 bridgehead atoms. The van der Waals surface area contributed by atoms with Crippen LogP contribution in [0.25, 0.3) is 0 Å². The molecule has 0 rings (SSSR count). The van der Waals surface area contributed by atoms with Gasteiger partial charge < -0.3 is 20.1 Å². The van der Waals surface area contributed by atoms with E-state index < -0.39 is 0 Å². The number of nitrogens with one attached hydrogen (secondary N) is 2. The molecule has 1 atom stereocenters. The maximum absolute atomic E-state index is 11.6. The monoisotopic (exact) mass is 260 g/mol. The second-order valence-corrected chi connectivity index (χ2v) is 3.87. The SMILES string of the molecule is CCOC(=O)CCNC(C)C(=O)NCCCOC. The lowest BCUT2D eigenvalue weighted by atomic mass is 10.3. The molecule has 6 heteroatoms. The first-order chi connectivity index (χ1) is 8.61. The van der Waals surface area contributed by atoms with Gasteiger partial charge in [0.1, 0.15) is 0 Å². The van der Waals surface area contributed by atoms with Crippen molar-refractivity contribution in [3.63, 3.8) is 0 Å². The molecule has 0 aliphatic carbocycles. The molecule has 0 aliphatic heterocycles. The van der Waals surface area contributed by atoms with E-state index in [4.69, 9.17) is 9.47 Å². The molecule has 0 aromatic rings. The van der Waals surface area contributed by atoms with Crippen LogP contribution in [0.1, 0.15) is 26.7 Å². The normalized spacial score (nSPS) is 11.9. The third kappa shape index (κ3) is 8.95. The van der Waals surface area contributed by atoms with Gasteiger partial charge in [-0.1, -0.05) is 0 Å². The fraction of sp³-hybridized carbons (Fsp3) is 0.833. The number of rotatable bonds is 10. The minimum absolute atomic E-state index is 0.0741. The van der Waals surface area contributed by atoms with E-state index in [1.54, 1.807) is 21.0 Å². The molecule has 0 saturated heterocycles. The number of carbonyl (C=O) groups is 2. The molecule has 0 aromatic heterocycles. The maximum atomic E-state index is 11.6. The summed E-state index contributed by atoms with van der Waals surface area (Å²) >= 11 is 0. The Balaban J connectivity index is 3.58. The van der Waals surface area contributed by atoms with Crippen molar-refractivity contribution in [2.45, 2.75) is 32.7 Å². The minimum Gasteiger partial charge on any atom is -0.466 e. The van der Waals surface area contributed by atoms with Gasteiger partial charge in [0.25, 0.3) is 0 Å². The van der Waals surface area contributed by atoms with Crippen molar-refractivity contribution in [3.05, 3.63) is 0 Å². The fourth-order valence-corrected chi connectivity index (χ4v) is 1.30. The molecule has 0 heterocycles. The van der Waals surface area contributed by atoms with Gasteiger partial charge in [-0.25, -0.2) is 0 Å². The summed E-state index contributed by atoms with van der Waals surface area (Å²) in [6.07, 6.45) is 1.06. The predicted octanol–water partition coefficient (Wildman–Crippen LogP) is 0.0704. The highest BCUT2D eigenvalue weighted by Crippen LogP contribution is 1.88. The van der Waals surface area contributed by atoms with E-state index in [9.17, 15) is 9.59 Å². The van der Waals surface area contributed by atoms with Crippen molar-refractivity contribution in [2.75, 3.05) is 33.4 Å². The average Bonchev–Trinajstić information content (AvgIpc) is 2.34. The van der Waals surface area contributed by atoms with Crippen molar-refractivity contribution < 1.29 is 19.1 Å². The van der Waals surface area contributed by atoms with Gasteiger partial charge >= 0.3 is 5.97 Å². The van der Waals surface area contributed by atoms with Crippen LogP contribution in [0.5, 0.6) is 0 Å². The molecule has 0 aliphatic rings. The van der Waals surface area contributed by atoms with Gasteiger partial charge in [-0.05, 0) is 20.3 Å². The number of carbonyl (C=O) groups excluding carboxylic acids is 2. The number of hydrogen-bond acceptors (Lipinski definition) is 5. The summed E-state index contributed by atoms with van der Waals surface area (Å²) in [5.41, 5.74) is 0. The molecule has 0 radical (unpaired) electrons. The Morgan fingerprint density at radius 3 is 2.61 bits per heavy atom. The fourth-order valence-electron chi connectivity index (χ4n) is 1.30. The number of amides is 1. The average molecular weight is 260 g/mol. The van der Waals surface area contributed by atoms with Gasteiger partial charge in [-0.2, -0.15) is 0 Å². The van der Waals surface area contributed by atoms with Crippen LogP contribution in [0.3, 0.4) is 0 Å². The first kappa shape index (κ1) is 16.9. The Bertz CT molecular complexity index is 246. The van der Waals surface area contributed by atoms with Crippen molar-refractivity contribution in [3.8, 4) is 0 Å². The first-order valence-corrected chi connectivity index (χ1v) is 6.27. The van der Waals surface area contributed by atoms with Gasteiger partial charge in [0.2, 0.25) is 5.91 Å². The van der Waals surface area contributed by atoms with Gasteiger partial charge in [0.05, 0.1) is 19.1 Å². The highest BCUT2D eigenvalue weighted by Gasteiger charge is 2.11. The van der Waals surface area contributed by atoms with Crippen molar-refractivity contribution in [2.24, 2.45) is 0 Å². The lowest BCUT2D eigenvalue weighted by Gasteiger charge is -2.13. The van der Waals surface area contributed by atoms with Crippen LogP contribution >= 0.6 is 0 Å². The Morgan fingerprint density at radius 1 is 1.28 bits per heavy atom. The molecule has 2 N–H and O–H groups in total. The lowest BCUT2D eigenvalue weighted by Crippen LogP contribution is -2.43. The van der Waals surface area contributed by atoms with Crippen LogP contribution in [0.2, 0.25) is 0 Å². The Kier molecular flexibility index (Phi) is 10.3. The van der Waals surface area contributed by atoms with Gasteiger partial charge in [0.15, 0.2) is 0 Å². The van der Waals surface area contributed by atoms with Crippen LogP contribution in [-0.4, -0.2) is 51.3 Å². The predicted molar refractivity (Wildman–Crippen MR) is 68.2 cm³/mol. The quantitative estimate of drug-likeness (QED) is 0.429. The Labute approximate surface area is 108 Å². The molecule has 1 unspecified atom stereocenters. The molecule has 1 amide bonds. The molecular formula is C12H24N2O4. The van der Waals surface area contributed by atoms with Crippen LogP contribution in [-0.2, 0) is 19.1 Å². The zero-order valence-corrected chi connectivity index (χ0v) is 11.5. The zero-order valence-electron chi connectivity index (χ0n) is 11.5. The number of esters is 1. The summed E-state index contributed by atoms with van der Waals surface area (Å²) < 4.78 is 9.66. The summed E-state index contributed by atoms with van der Waals surface area (Å²) in [4.78, 5) is 22.6. The smallest absolute Gasteiger partial charge is 0.307 e. The topological polar surface area (TPSA) is 76.7 Å². The molecule has 0 aromatic carbocycles. The highest BCUT2D eigenvalue weighted by atomic mass is 16.5. The van der Waals surface area contributed by atoms with Crippen molar-refractivity contribution in [1.29, 1.82) is 0 Å². The van der Waals surface area contributed by atoms with Crippen LogP contribution in [0.4, 0.5) is 0 Å². The second-order valence-electron chi connectivity index (χ2n) is 3.87. The van der Waals surface area contributed by atoms with E-state index in [2.05, 4.69) is 10.6 Å². The van der Waals surface area contributed by atoms with E-state index in [0.717, 1.165) is 6.42 Å². The van der Waals surface area contributed by atoms with E-state index >= 15 is 0 Å². The summed E-state index contributed by atoms with van der Waals surface area (Å²) in [5.74, 6) is -0.326. The van der Waals surface area contributed by atoms with Crippen molar-refractivity contribution in [1.82, 2.24) is 10.6 Å². The second kappa shape index (κ2) is 11.0. The van der Waals surface area contributed by atoms with E-state index in [1.807, 2.05) is 0 Å². The third-order valence-electron chi connectivity index (χ3n) is 2.30. The zero-order chi connectivity index (χ0) is 13.8. The molecule has 0 spiro atoms. The summed E-state index contributed by atoms with van der Waals surface area (Å²) in [6.45, 7) is 5.57. The lowest BCUT2D eigenvalue weighted by molar-refractivity contribution is -0.143. The molecule has 6 nitrogen and oxygen atoms in total. The maximum Gasteiger partial charge on any atom is 0.307 e. The van der Waals surface area contributed by atoms with Crippen LogP contribution in [0.15, 0.2) is 0 Å². The third-order valence-corrected chi connectivity index (χ3v) is 2.30. The molecule has 0 saturated carbocycles. The molecular weight excluding hydrogens is 236 g/mol. The number of hydrogen-bond donors (Lipinski definition) is 2. The van der Waals surface area contributed by atoms with Gasteiger partial charge in [-0.15, -0.1) is 0 Å². The van der Waals surface area contributed by atoms with Crippen LogP contribution < -0.4 is 10.6 Å². The molecule has 106 valence electrons. The summed E-state index contributed by atoms with van der Waals surface area (Å²) in [6, 6.07) is -0.318. The van der Waals surface area contributed by atoms with Crippen molar-refractivity contribution >= 4 is 11.9 Å². The minimum atomic E-state index is -0.318. The Hall–Kier alpha value is -1.14. The highest BCUT2D eigenvalue weighted by molar-refractivity contribution is 5.81. The first-order valence-electron chi connectivity index (χ1n) is 6.27. The Morgan fingerprint density at radius 2 is 2.00 bits per heavy atom. The van der Waals surface area contributed by atoms with Crippen LogP contribution in [0, 0.1) is 0 Å². The molecule has 18 heavy (non-hydrogen) atoms. The largest absolute Gasteiger partial charge is 0.466 e.